The number of ether oxygens (including phenoxy) is 1. The molecule has 0 aliphatic heterocycles. The van der Waals surface area contributed by atoms with Gasteiger partial charge in [0.05, 0.1) is 30.1 Å². The molecular formula is C15H23Cl2N5O2. The monoisotopic (exact) mass is 375 g/mol. The van der Waals surface area contributed by atoms with Gasteiger partial charge in [-0.15, -0.1) is 24.8 Å². The van der Waals surface area contributed by atoms with Gasteiger partial charge >= 0.3 is 0 Å². The largest absolute Gasteiger partial charge is 0.380 e. The SMILES string of the molecule is COC(CN)CC(=O)Nc1ccc(-n2nc(C)cc2C)nc1.Cl.Cl. The Labute approximate surface area is 153 Å². The van der Waals surface area contributed by atoms with Gasteiger partial charge in [-0.05, 0) is 32.0 Å². The molecule has 9 heteroatoms. The number of aromatic nitrogens is 3. The minimum atomic E-state index is -0.276. The Morgan fingerprint density at radius 2 is 2.08 bits per heavy atom. The molecule has 2 aromatic heterocycles. The number of carbonyl (C=O) groups is 1. The number of rotatable bonds is 6. The number of halogens is 2. The standard InChI is InChI=1S/C15H21N5O2.2ClH/c1-10-6-11(2)20(19-10)14-5-4-12(9-17-14)18-15(21)7-13(8-16)22-3;;/h4-6,9,13H,7-8,16H2,1-3H3,(H,18,21);2*1H. The summed E-state index contributed by atoms with van der Waals surface area (Å²) in [5, 5.41) is 7.14. The number of nitrogens with one attached hydrogen (secondary N) is 1. The Balaban J connectivity index is 0.00000264. The second kappa shape index (κ2) is 10.2. The van der Waals surface area contributed by atoms with Crippen LogP contribution in [0.5, 0.6) is 0 Å². The first-order valence-electron chi connectivity index (χ1n) is 7.06. The second-order valence-corrected chi connectivity index (χ2v) is 5.09. The molecule has 1 atom stereocenters. The van der Waals surface area contributed by atoms with Crippen molar-refractivity contribution in [2.75, 3.05) is 19.0 Å². The average molecular weight is 376 g/mol. The van der Waals surface area contributed by atoms with E-state index in [2.05, 4.69) is 15.4 Å². The van der Waals surface area contributed by atoms with Crippen LogP contribution in [0.2, 0.25) is 0 Å². The quantitative estimate of drug-likeness (QED) is 0.805. The molecule has 3 N–H and O–H groups in total. The van der Waals surface area contributed by atoms with Crippen LogP contribution in [0, 0.1) is 13.8 Å². The van der Waals surface area contributed by atoms with Crippen LogP contribution >= 0.6 is 24.8 Å². The van der Waals surface area contributed by atoms with E-state index in [0.29, 0.717) is 18.1 Å². The summed E-state index contributed by atoms with van der Waals surface area (Å²) in [5.74, 6) is 0.554. The minimum Gasteiger partial charge on any atom is -0.380 e. The molecular weight excluding hydrogens is 353 g/mol. The predicted molar refractivity (Wildman–Crippen MR) is 98.4 cm³/mol. The maximum absolute atomic E-state index is 11.9. The van der Waals surface area contributed by atoms with E-state index < -0.39 is 0 Å². The molecule has 0 bridgehead atoms. The second-order valence-electron chi connectivity index (χ2n) is 5.09. The van der Waals surface area contributed by atoms with Crippen LogP contribution in [0.25, 0.3) is 5.82 Å². The van der Waals surface area contributed by atoms with Crippen LogP contribution in [0.4, 0.5) is 5.69 Å². The number of carbonyl (C=O) groups excluding carboxylic acids is 1. The highest BCUT2D eigenvalue weighted by atomic mass is 35.5. The molecule has 0 fully saturated rings. The lowest BCUT2D eigenvalue weighted by molar-refractivity contribution is -0.118. The fourth-order valence-electron chi connectivity index (χ4n) is 2.13. The number of amides is 1. The third kappa shape index (κ3) is 5.76. The Bertz CT molecular complexity index is 642. The maximum atomic E-state index is 11.9. The van der Waals surface area contributed by atoms with Gasteiger partial charge < -0.3 is 15.8 Å². The van der Waals surface area contributed by atoms with Crippen molar-refractivity contribution in [3.8, 4) is 5.82 Å². The molecule has 24 heavy (non-hydrogen) atoms. The van der Waals surface area contributed by atoms with Crippen LogP contribution in [-0.2, 0) is 9.53 Å². The normalized spacial score (nSPS) is 11.2. The van der Waals surface area contributed by atoms with Crippen molar-refractivity contribution in [1.29, 1.82) is 0 Å². The summed E-state index contributed by atoms with van der Waals surface area (Å²) < 4.78 is 6.85. The van der Waals surface area contributed by atoms with Gasteiger partial charge in [-0.2, -0.15) is 5.10 Å². The first-order valence-corrected chi connectivity index (χ1v) is 7.06. The summed E-state index contributed by atoms with van der Waals surface area (Å²) in [5.41, 5.74) is 8.07. The highest BCUT2D eigenvalue weighted by Crippen LogP contribution is 2.13. The van der Waals surface area contributed by atoms with E-state index in [0.717, 1.165) is 11.4 Å². The van der Waals surface area contributed by atoms with E-state index in [-0.39, 0.29) is 43.2 Å². The summed E-state index contributed by atoms with van der Waals surface area (Å²) in [6, 6.07) is 5.59. The van der Waals surface area contributed by atoms with E-state index in [9.17, 15) is 4.79 Å². The van der Waals surface area contributed by atoms with Crippen LogP contribution in [0.3, 0.4) is 0 Å². The van der Waals surface area contributed by atoms with E-state index in [1.165, 1.54) is 7.11 Å². The van der Waals surface area contributed by atoms with Crippen LogP contribution in [0.15, 0.2) is 24.4 Å². The summed E-state index contributed by atoms with van der Waals surface area (Å²) in [4.78, 5) is 16.2. The van der Waals surface area contributed by atoms with E-state index in [1.54, 1.807) is 16.9 Å². The van der Waals surface area contributed by atoms with Gasteiger partial charge in [0.25, 0.3) is 0 Å². The Kier molecular flexibility index (Phi) is 9.53. The van der Waals surface area contributed by atoms with E-state index in [1.807, 2.05) is 26.0 Å². The predicted octanol–water partition coefficient (Wildman–Crippen LogP) is 2.03. The number of pyridine rings is 1. The van der Waals surface area contributed by atoms with E-state index in [4.69, 9.17) is 10.5 Å². The van der Waals surface area contributed by atoms with Gasteiger partial charge in [0.2, 0.25) is 5.91 Å². The lowest BCUT2D eigenvalue weighted by Gasteiger charge is -2.12. The number of hydrogen-bond acceptors (Lipinski definition) is 5. The van der Waals surface area contributed by atoms with Crippen molar-refractivity contribution in [2.24, 2.45) is 5.73 Å². The van der Waals surface area contributed by atoms with Crippen molar-refractivity contribution in [2.45, 2.75) is 26.4 Å². The fourth-order valence-corrected chi connectivity index (χ4v) is 2.13. The Morgan fingerprint density at radius 1 is 1.38 bits per heavy atom. The maximum Gasteiger partial charge on any atom is 0.227 e. The summed E-state index contributed by atoms with van der Waals surface area (Å²) in [6.07, 6.45) is 1.54. The topological polar surface area (TPSA) is 95.1 Å². The van der Waals surface area contributed by atoms with Gasteiger partial charge in [-0.3, -0.25) is 4.79 Å². The number of methoxy groups -OCH3 is 1. The zero-order valence-corrected chi connectivity index (χ0v) is 15.5. The minimum absolute atomic E-state index is 0. The van der Waals surface area contributed by atoms with Gasteiger partial charge in [-0.1, -0.05) is 0 Å². The van der Waals surface area contributed by atoms with Crippen LogP contribution < -0.4 is 11.1 Å². The van der Waals surface area contributed by atoms with E-state index >= 15 is 0 Å². The highest BCUT2D eigenvalue weighted by Gasteiger charge is 2.12. The van der Waals surface area contributed by atoms with Gasteiger partial charge in [0, 0.05) is 19.3 Å². The average Bonchev–Trinajstić information content (AvgIpc) is 2.84. The molecule has 2 heterocycles. The number of nitrogens with zero attached hydrogens (tertiary/aromatic N) is 3. The molecule has 0 radical (unpaired) electrons. The molecule has 0 aliphatic carbocycles. The molecule has 7 nitrogen and oxygen atoms in total. The molecule has 0 saturated carbocycles. The molecule has 0 aromatic carbocycles. The van der Waals surface area contributed by atoms with Crippen molar-refractivity contribution in [1.82, 2.24) is 14.8 Å². The molecule has 2 rings (SSSR count). The number of nitrogens with two attached hydrogens (primary N) is 1. The van der Waals surface area contributed by atoms with Gasteiger partial charge in [0.1, 0.15) is 0 Å². The third-order valence-electron chi connectivity index (χ3n) is 3.27. The lowest BCUT2D eigenvalue weighted by atomic mass is 10.2. The van der Waals surface area contributed by atoms with Crippen LogP contribution in [0.1, 0.15) is 17.8 Å². The summed E-state index contributed by atoms with van der Waals surface area (Å²) in [6.45, 7) is 4.20. The zero-order valence-electron chi connectivity index (χ0n) is 13.9. The molecule has 0 saturated heterocycles. The first kappa shape index (κ1) is 22.3. The van der Waals surface area contributed by atoms with Gasteiger partial charge in [-0.25, -0.2) is 9.67 Å². The summed E-state index contributed by atoms with van der Waals surface area (Å²) in [7, 11) is 1.54. The lowest BCUT2D eigenvalue weighted by Crippen LogP contribution is -2.28. The van der Waals surface area contributed by atoms with Crippen molar-refractivity contribution < 1.29 is 9.53 Å². The molecule has 1 amide bonds. The first-order chi connectivity index (χ1) is 10.5. The van der Waals surface area contributed by atoms with Crippen molar-refractivity contribution in [3.63, 3.8) is 0 Å². The number of aryl methyl sites for hydroxylation is 2. The Hall–Kier alpha value is -1.67. The van der Waals surface area contributed by atoms with Crippen molar-refractivity contribution >= 4 is 36.4 Å². The van der Waals surface area contributed by atoms with Gasteiger partial charge in [0.15, 0.2) is 5.82 Å². The third-order valence-corrected chi connectivity index (χ3v) is 3.27. The van der Waals surface area contributed by atoms with Crippen LogP contribution in [-0.4, -0.2) is 40.4 Å². The fraction of sp³-hybridized carbons (Fsp3) is 0.400. The molecule has 2 aromatic rings. The zero-order chi connectivity index (χ0) is 16.1. The smallest absolute Gasteiger partial charge is 0.227 e. The summed E-state index contributed by atoms with van der Waals surface area (Å²) >= 11 is 0. The number of hydrogen-bond donors (Lipinski definition) is 2. The molecule has 0 aliphatic rings. The molecule has 1 unspecified atom stereocenters. The van der Waals surface area contributed by atoms with Crippen molar-refractivity contribution in [3.05, 3.63) is 35.8 Å². The molecule has 134 valence electrons. The molecule has 0 spiro atoms. The number of anilines is 1. The Morgan fingerprint density at radius 3 is 2.54 bits per heavy atom. The highest BCUT2D eigenvalue weighted by molar-refractivity contribution is 5.90.